The van der Waals surface area contributed by atoms with Crippen LogP contribution in [0.3, 0.4) is 0 Å². The van der Waals surface area contributed by atoms with E-state index in [1.807, 2.05) is 48.0 Å². The van der Waals surface area contributed by atoms with Crippen LogP contribution in [0.5, 0.6) is 5.75 Å². The van der Waals surface area contributed by atoms with E-state index in [-0.39, 0.29) is 0 Å². The van der Waals surface area contributed by atoms with Crippen LogP contribution in [0.15, 0.2) is 50.5 Å². The Morgan fingerprint density at radius 3 is 2.81 bits per heavy atom. The Kier molecular flexibility index (Phi) is 4.57. The Morgan fingerprint density at radius 2 is 2.10 bits per heavy atom. The molecule has 0 aliphatic carbocycles. The predicted molar refractivity (Wildman–Crippen MR) is 84.8 cm³/mol. The molecule has 21 heavy (non-hydrogen) atoms. The average molecular weight is 318 g/mol. The fourth-order valence-corrected chi connectivity index (χ4v) is 3.14. The molecule has 0 unspecified atom stereocenters. The minimum Gasteiger partial charge on any atom is -0.494 e. The van der Waals surface area contributed by atoms with Gasteiger partial charge in [-0.15, -0.1) is 11.8 Å². The number of ether oxygens (including phenoxy) is 1. The lowest BCUT2D eigenvalue weighted by Gasteiger charge is -2.03. The topological polar surface area (TPSA) is 48.2 Å². The van der Waals surface area contributed by atoms with Gasteiger partial charge < -0.3 is 9.26 Å². The van der Waals surface area contributed by atoms with Crippen molar-refractivity contribution in [1.82, 2.24) is 10.1 Å². The summed E-state index contributed by atoms with van der Waals surface area (Å²) in [6.45, 7) is 2.66. The molecule has 3 aromatic rings. The summed E-state index contributed by atoms with van der Waals surface area (Å²) in [7, 11) is 0. The summed E-state index contributed by atoms with van der Waals surface area (Å²) in [5.74, 6) is 2.83. The zero-order chi connectivity index (χ0) is 14.5. The van der Waals surface area contributed by atoms with Gasteiger partial charge >= 0.3 is 0 Å². The second-order valence-electron chi connectivity index (χ2n) is 4.22. The van der Waals surface area contributed by atoms with Gasteiger partial charge in [-0.05, 0) is 42.6 Å². The molecule has 0 fully saturated rings. The molecule has 0 saturated carbocycles. The zero-order valence-electron chi connectivity index (χ0n) is 11.5. The summed E-state index contributed by atoms with van der Waals surface area (Å²) in [5, 5.41) is 8.00. The van der Waals surface area contributed by atoms with E-state index in [1.165, 1.54) is 0 Å². The van der Waals surface area contributed by atoms with Gasteiger partial charge in [0.25, 0.3) is 0 Å². The van der Waals surface area contributed by atoms with Crippen molar-refractivity contribution in [1.29, 1.82) is 0 Å². The first kappa shape index (κ1) is 14.2. The van der Waals surface area contributed by atoms with Crippen molar-refractivity contribution in [2.24, 2.45) is 0 Å². The number of rotatable bonds is 6. The van der Waals surface area contributed by atoms with Crippen LogP contribution in [-0.4, -0.2) is 16.7 Å². The standard InChI is InChI=1S/C15H14N2O2S2/c1-2-18-12-3-5-13(6-4-12)21-10-14-16-15(17-19-14)11-7-8-20-9-11/h3-9H,2,10H2,1H3. The van der Waals surface area contributed by atoms with Gasteiger partial charge in [-0.1, -0.05) is 5.16 Å². The van der Waals surface area contributed by atoms with E-state index in [9.17, 15) is 0 Å². The molecule has 0 saturated heterocycles. The molecule has 4 nitrogen and oxygen atoms in total. The summed E-state index contributed by atoms with van der Waals surface area (Å²) in [5.41, 5.74) is 1.00. The molecular weight excluding hydrogens is 304 g/mol. The highest BCUT2D eigenvalue weighted by Gasteiger charge is 2.09. The Balaban J connectivity index is 1.60. The molecule has 6 heteroatoms. The quantitative estimate of drug-likeness (QED) is 0.627. The Labute approximate surface area is 131 Å². The van der Waals surface area contributed by atoms with Crippen LogP contribution in [0.1, 0.15) is 12.8 Å². The fourth-order valence-electron chi connectivity index (χ4n) is 1.77. The molecule has 2 heterocycles. The van der Waals surface area contributed by atoms with Gasteiger partial charge in [0, 0.05) is 15.8 Å². The number of benzene rings is 1. The molecule has 108 valence electrons. The molecular formula is C15H14N2O2S2. The first-order valence-electron chi connectivity index (χ1n) is 6.56. The zero-order valence-corrected chi connectivity index (χ0v) is 13.1. The van der Waals surface area contributed by atoms with E-state index < -0.39 is 0 Å². The molecule has 0 atom stereocenters. The fraction of sp³-hybridized carbons (Fsp3) is 0.200. The molecule has 0 radical (unpaired) electrons. The largest absolute Gasteiger partial charge is 0.494 e. The van der Waals surface area contributed by atoms with Crippen molar-refractivity contribution in [2.45, 2.75) is 17.6 Å². The summed E-state index contributed by atoms with van der Waals surface area (Å²) < 4.78 is 10.7. The smallest absolute Gasteiger partial charge is 0.237 e. The maximum absolute atomic E-state index is 5.42. The molecule has 0 aliphatic heterocycles. The van der Waals surface area contributed by atoms with Crippen LogP contribution in [0.25, 0.3) is 11.4 Å². The van der Waals surface area contributed by atoms with Gasteiger partial charge in [-0.2, -0.15) is 16.3 Å². The minimum absolute atomic E-state index is 0.634. The predicted octanol–water partition coefficient (Wildman–Crippen LogP) is 4.49. The first-order chi connectivity index (χ1) is 10.3. The van der Waals surface area contributed by atoms with Crippen LogP contribution >= 0.6 is 23.1 Å². The Hall–Kier alpha value is -1.79. The summed E-state index contributed by atoms with van der Waals surface area (Å²) in [6, 6.07) is 9.99. The SMILES string of the molecule is CCOc1ccc(SCc2nc(-c3ccsc3)no2)cc1. The Morgan fingerprint density at radius 1 is 1.24 bits per heavy atom. The maximum atomic E-state index is 5.42. The van der Waals surface area contributed by atoms with Crippen LogP contribution in [0.2, 0.25) is 0 Å². The first-order valence-corrected chi connectivity index (χ1v) is 8.49. The molecule has 0 bridgehead atoms. The van der Waals surface area contributed by atoms with E-state index in [0.29, 0.717) is 24.1 Å². The van der Waals surface area contributed by atoms with E-state index in [1.54, 1.807) is 23.1 Å². The number of thiophene rings is 1. The Bertz CT molecular complexity index is 678. The highest BCUT2D eigenvalue weighted by atomic mass is 32.2. The summed E-state index contributed by atoms with van der Waals surface area (Å²) in [4.78, 5) is 5.55. The lowest BCUT2D eigenvalue weighted by molar-refractivity contribution is 0.340. The van der Waals surface area contributed by atoms with Crippen LogP contribution < -0.4 is 4.74 Å². The summed E-state index contributed by atoms with van der Waals surface area (Å²) in [6.07, 6.45) is 0. The molecule has 0 aliphatic rings. The monoisotopic (exact) mass is 318 g/mol. The van der Waals surface area contributed by atoms with Crippen LogP contribution in [-0.2, 0) is 5.75 Å². The highest BCUT2D eigenvalue weighted by molar-refractivity contribution is 7.98. The van der Waals surface area contributed by atoms with E-state index in [2.05, 4.69) is 10.1 Å². The van der Waals surface area contributed by atoms with E-state index >= 15 is 0 Å². The third kappa shape index (κ3) is 3.65. The van der Waals surface area contributed by atoms with Gasteiger partial charge in [0.2, 0.25) is 11.7 Å². The maximum Gasteiger partial charge on any atom is 0.237 e. The third-order valence-corrected chi connectivity index (χ3v) is 4.42. The lowest BCUT2D eigenvalue weighted by Crippen LogP contribution is -1.90. The molecule has 3 rings (SSSR count). The van der Waals surface area contributed by atoms with Gasteiger partial charge in [0.15, 0.2) is 0 Å². The van der Waals surface area contributed by atoms with Crippen LogP contribution in [0, 0.1) is 0 Å². The van der Waals surface area contributed by atoms with Crippen molar-refractivity contribution in [2.75, 3.05) is 6.61 Å². The number of hydrogen-bond acceptors (Lipinski definition) is 6. The van der Waals surface area contributed by atoms with E-state index in [0.717, 1.165) is 16.2 Å². The average Bonchev–Trinajstić information content (AvgIpc) is 3.18. The molecule has 1 aromatic carbocycles. The normalized spacial score (nSPS) is 10.7. The minimum atomic E-state index is 0.634. The van der Waals surface area contributed by atoms with Crippen molar-refractivity contribution in [3.63, 3.8) is 0 Å². The van der Waals surface area contributed by atoms with Gasteiger partial charge in [0.05, 0.1) is 12.4 Å². The van der Waals surface area contributed by atoms with Gasteiger partial charge in [0.1, 0.15) is 5.75 Å². The number of nitrogens with zero attached hydrogens (tertiary/aromatic N) is 2. The van der Waals surface area contributed by atoms with E-state index in [4.69, 9.17) is 9.26 Å². The second kappa shape index (κ2) is 6.78. The van der Waals surface area contributed by atoms with Crippen LogP contribution in [0.4, 0.5) is 0 Å². The number of hydrogen-bond donors (Lipinski definition) is 0. The third-order valence-electron chi connectivity index (χ3n) is 2.74. The van der Waals surface area contributed by atoms with Crippen molar-refractivity contribution in [3.05, 3.63) is 47.0 Å². The second-order valence-corrected chi connectivity index (χ2v) is 6.05. The molecule has 2 aromatic heterocycles. The summed E-state index contributed by atoms with van der Waals surface area (Å²) >= 11 is 3.28. The number of thioether (sulfide) groups is 1. The van der Waals surface area contributed by atoms with Crippen molar-refractivity contribution >= 4 is 23.1 Å². The number of aromatic nitrogens is 2. The lowest BCUT2D eigenvalue weighted by atomic mass is 10.3. The van der Waals surface area contributed by atoms with Gasteiger partial charge in [-0.25, -0.2) is 0 Å². The highest BCUT2D eigenvalue weighted by Crippen LogP contribution is 2.26. The molecule has 0 amide bonds. The molecule has 0 N–H and O–H groups in total. The molecule has 0 spiro atoms. The van der Waals surface area contributed by atoms with Crippen molar-refractivity contribution in [3.8, 4) is 17.1 Å². The van der Waals surface area contributed by atoms with Crippen molar-refractivity contribution < 1.29 is 9.26 Å². The van der Waals surface area contributed by atoms with Gasteiger partial charge in [-0.3, -0.25) is 0 Å².